The Morgan fingerprint density at radius 1 is 1.31 bits per heavy atom. The second-order valence-electron chi connectivity index (χ2n) is 3.91. The maximum absolute atomic E-state index is 11.8. The Morgan fingerprint density at radius 3 is 2.94 bits per heavy atom. The molecule has 0 aromatic heterocycles. The molecule has 0 aliphatic carbocycles. The zero-order valence-corrected chi connectivity index (χ0v) is 9.83. The summed E-state index contributed by atoms with van der Waals surface area (Å²) >= 11 is 6.08. The van der Waals surface area contributed by atoms with Gasteiger partial charge in [0.05, 0.1) is 0 Å². The van der Waals surface area contributed by atoms with Crippen LogP contribution < -0.4 is 5.32 Å². The van der Waals surface area contributed by atoms with Crippen molar-refractivity contribution in [2.45, 2.75) is 13.0 Å². The van der Waals surface area contributed by atoms with E-state index >= 15 is 0 Å². The van der Waals surface area contributed by atoms with Gasteiger partial charge in [-0.1, -0.05) is 29.8 Å². The van der Waals surface area contributed by atoms with Crippen LogP contribution in [-0.2, 0) is 11.3 Å². The molecule has 1 heterocycles. The minimum Gasteiger partial charge on any atom is -0.337 e. The van der Waals surface area contributed by atoms with Gasteiger partial charge in [-0.15, -0.1) is 0 Å². The molecule has 1 N–H and O–H groups in total. The monoisotopic (exact) mass is 238 g/mol. The number of benzene rings is 1. The van der Waals surface area contributed by atoms with Gasteiger partial charge in [-0.2, -0.15) is 0 Å². The van der Waals surface area contributed by atoms with Gasteiger partial charge in [0, 0.05) is 37.6 Å². The molecule has 4 heteroatoms. The lowest BCUT2D eigenvalue weighted by Gasteiger charge is -2.20. The summed E-state index contributed by atoms with van der Waals surface area (Å²) in [6, 6.07) is 7.67. The van der Waals surface area contributed by atoms with Gasteiger partial charge in [-0.3, -0.25) is 4.79 Å². The van der Waals surface area contributed by atoms with Crippen LogP contribution in [0.3, 0.4) is 0 Å². The lowest BCUT2D eigenvalue weighted by atomic mass is 10.2. The standard InChI is InChI=1S/C12H15ClN2O/c13-11-4-2-1-3-10(11)9-15-8-7-14-6-5-12(15)16/h1-4,14H,5-9H2. The van der Waals surface area contributed by atoms with Gasteiger partial charge in [-0.05, 0) is 11.6 Å². The minimum absolute atomic E-state index is 0.199. The number of halogens is 1. The highest BCUT2D eigenvalue weighted by atomic mass is 35.5. The zero-order chi connectivity index (χ0) is 11.4. The van der Waals surface area contributed by atoms with E-state index in [-0.39, 0.29) is 5.91 Å². The first-order chi connectivity index (χ1) is 7.77. The summed E-state index contributed by atoms with van der Waals surface area (Å²) in [5.74, 6) is 0.199. The van der Waals surface area contributed by atoms with Crippen molar-refractivity contribution in [1.82, 2.24) is 10.2 Å². The van der Waals surface area contributed by atoms with E-state index in [4.69, 9.17) is 11.6 Å². The third-order valence-corrected chi connectivity index (χ3v) is 3.11. The fourth-order valence-corrected chi connectivity index (χ4v) is 2.01. The third-order valence-electron chi connectivity index (χ3n) is 2.75. The number of nitrogens with zero attached hydrogens (tertiary/aromatic N) is 1. The first-order valence-corrected chi connectivity index (χ1v) is 5.87. The second-order valence-corrected chi connectivity index (χ2v) is 4.31. The summed E-state index contributed by atoms with van der Waals surface area (Å²) < 4.78 is 0. The van der Waals surface area contributed by atoms with E-state index in [1.165, 1.54) is 0 Å². The Bertz CT molecular complexity index is 381. The molecular formula is C12H15ClN2O. The highest BCUT2D eigenvalue weighted by Gasteiger charge is 2.16. The molecule has 86 valence electrons. The van der Waals surface area contributed by atoms with Crippen molar-refractivity contribution in [3.63, 3.8) is 0 Å². The summed E-state index contributed by atoms with van der Waals surface area (Å²) in [5.41, 5.74) is 1.01. The van der Waals surface area contributed by atoms with Crippen molar-refractivity contribution >= 4 is 17.5 Å². The largest absolute Gasteiger partial charge is 0.337 e. The van der Waals surface area contributed by atoms with Gasteiger partial charge < -0.3 is 10.2 Å². The van der Waals surface area contributed by atoms with Gasteiger partial charge >= 0.3 is 0 Å². The van der Waals surface area contributed by atoms with Crippen LogP contribution in [0.5, 0.6) is 0 Å². The molecule has 0 atom stereocenters. The Kier molecular flexibility index (Phi) is 3.80. The van der Waals surface area contributed by atoms with Crippen molar-refractivity contribution < 1.29 is 4.79 Å². The fraction of sp³-hybridized carbons (Fsp3) is 0.417. The van der Waals surface area contributed by atoms with E-state index in [0.29, 0.717) is 13.0 Å². The van der Waals surface area contributed by atoms with E-state index in [1.54, 1.807) is 0 Å². The number of hydrogen-bond donors (Lipinski definition) is 1. The van der Waals surface area contributed by atoms with E-state index in [1.807, 2.05) is 29.2 Å². The molecule has 16 heavy (non-hydrogen) atoms. The van der Waals surface area contributed by atoms with Crippen LogP contribution in [0.2, 0.25) is 5.02 Å². The van der Waals surface area contributed by atoms with Crippen LogP contribution in [-0.4, -0.2) is 30.4 Å². The number of carbonyl (C=O) groups excluding carboxylic acids is 1. The number of carbonyl (C=O) groups is 1. The van der Waals surface area contributed by atoms with E-state index in [2.05, 4.69) is 5.32 Å². The van der Waals surface area contributed by atoms with E-state index in [9.17, 15) is 4.79 Å². The van der Waals surface area contributed by atoms with Crippen molar-refractivity contribution in [3.8, 4) is 0 Å². The van der Waals surface area contributed by atoms with E-state index < -0.39 is 0 Å². The third kappa shape index (κ3) is 2.74. The van der Waals surface area contributed by atoms with Crippen LogP contribution >= 0.6 is 11.6 Å². The van der Waals surface area contributed by atoms with Crippen LogP contribution in [0.4, 0.5) is 0 Å². The Hall–Kier alpha value is -1.06. The molecule has 3 nitrogen and oxygen atoms in total. The number of rotatable bonds is 2. The minimum atomic E-state index is 0.199. The summed E-state index contributed by atoms with van der Waals surface area (Å²) in [4.78, 5) is 13.6. The fourth-order valence-electron chi connectivity index (χ4n) is 1.82. The highest BCUT2D eigenvalue weighted by Crippen LogP contribution is 2.17. The molecule has 1 fully saturated rings. The van der Waals surface area contributed by atoms with Crippen molar-refractivity contribution in [1.29, 1.82) is 0 Å². The van der Waals surface area contributed by atoms with Gasteiger partial charge in [0.1, 0.15) is 0 Å². The molecule has 1 aliphatic rings. The SMILES string of the molecule is O=C1CCNCCN1Cc1ccccc1Cl. The molecule has 0 unspecified atom stereocenters. The van der Waals surface area contributed by atoms with Crippen LogP contribution in [0.15, 0.2) is 24.3 Å². The van der Waals surface area contributed by atoms with E-state index in [0.717, 1.165) is 30.2 Å². The summed E-state index contributed by atoms with van der Waals surface area (Å²) in [6.07, 6.45) is 0.574. The molecule has 2 rings (SSSR count). The van der Waals surface area contributed by atoms with Gasteiger partial charge in [-0.25, -0.2) is 0 Å². The van der Waals surface area contributed by atoms with Crippen molar-refractivity contribution in [2.75, 3.05) is 19.6 Å². The molecule has 0 bridgehead atoms. The maximum atomic E-state index is 11.8. The molecule has 0 spiro atoms. The molecule has 1 aromatic carbocycles. The predicted octanol–water partition coefficient (Wildman–Crippen LogP) is 1.66. The topological polar surface area (TPSA) is 32.3 Å². The molecule has 1 aliphatic heterocycles. The van der Waals surface area contributed by atoms with Crippen LogP contribution in [0, 0.1) is 0 Å². The maximum Gasteiger partial charge on any atom is 0.224 e. The lowest BCUT2D eigenvalue weighted by molar-refractivity contribution is -0.130. The number of amides is 1. The van der Waals surface area contributed by atoms with Crippen molar-refractivity contribution in [2.24, 2.45) is 0 Å². The Labute approximate surface area is 100 Å². The van der Waals surface area contributed by atoms with Gasteiger partial charge in [0.2, 0.25) is 5.91 Å². The first kappa shape index (κ1) is 11.4. The van der Waals surface area contributed by atoms with Crippen LogP contribution in [0.1, 0.15) is 12.0 Å². The summed E-state index contributed by atoms with van der Waals surface area (Å²) in [6.45, 7) is 3.00. The average molecular weight is 239 g/mol. The van der Waals surface area contributed by atoms with Gasteiger partial charge in [0.15, 0.2) is 0 Å². The highest BCUT2D eigenvalue weighted by molar-refractivity contribution is 6.31. The Morgan fingerprint density at radius 2 is 2.12 bits per heavy atom. The summed E-state index contributed by atoms with van der Waals surface area (Å²) in [7, 11) is 0. The number of nitrogens with one attached hydrogen (secondary N) is 1. The number of hydrogen-bond acceptors (Lipinski definition) is 2. The molecular weight excluding hydrogens is 224 g/mol. The Balaban J connectivity index is 2.08. The lowest BCUT2D eigenvalue weighted by Crippen LogP contribution is -2.31. The molecule has 1 aromatic rings. The molecule has 1 saturated heterocycles. The first-order valence-electron chi connectivity index (χ1n) is 5.49. The summed E-state index contributed by atoms with van der Waals surface area (Å²) in [5, 5.41) is 3.94. The quantitative estimate of drug-likeness (QED) is 0.850. The molecule has 1 amide bonds. The van der Waals surface area contributed by atoms with Gasteiger partial charge in [0.25, 0.3) is 0 Å². The normalized spacial score (nSPS) is 17.3. The predicted molar refractivity (Wildman–Crippen MR) is 64.4 cm³/mol. The zero-order valence-electron chi connectivity index (χ0n) is 9.08. The molecule has 0 saturated carbocycles. The smallest absolute Gasteiger partial charge is 0.224 e. The average Bonchev–Trinajstić information content (AvgIpc) is 2.48. The molecule has 0 radical (unpaired) electrons. The van der Waals surface area contributed by atoms with Crippen molar-refractivity contribution in [3.05, 3.63) is 34.9 Å². The van der Waals surface area contributed by atoms with Crippen LogP contribution in [0.25, 0.3) is 0 Å². The second kappa shape index (κ2) is 5.32.